The Labute approximate surface area is 124 Å². The van der Waals surface area contributed by atoms with E-state index in [0.29, 0.717) is 10.2 Å². The fourth-order valence-electron chi connectivity index (χ4n) is 1.68. The van der Waals surface area contributed by atoms with Gasteiger partial charge < -0.3 is 9.84 Å². The van der Waals surface area contributed by atoms with E-state index in [0.717, 1.165) is 5.56 Å². The minimum absolute atomic E-state index is 0.0254. The van der Waals surface area contributed by atoms with Gasteiger partial charge in [0.05, 0.1) is 11.0 Å². The Morgan fingerprint density at radius 1 is 1.25 bits per heavy atom. The highest BCUT2D eigenvalue weighted by Gasteiger charge is 2.12. The second-order valence-electron chi connectivity index (χ2n) is 4.14. The van der Waals surface area contributed by atoms with Crippen LogP contribution in [-0.4, -0.2) is 16.6 Å². The van der Waals surface area contributed by atoms with Crippen LogP contribution in [0.5, 0.6) is 5.75 Å². The molecular formula is C14H12BrNO4. The molecule has 2 aromatic rings. The smallest absolute Gasteiger partial charge is 0.274 e. The van der Waals surface area contributed by atoms with Gasteiger partial charge >= 0.3 is 0 Å². The van der Waals surface area contributed by atoms with Crippen molar-refractivity contribution in [2.75, 3.05) is 6.61 Å². The number of benzene rings is 2. The fraction of sp³-hybridized carbons (Fsp3) is 0.143. The first kappa shape index (κ1) is 14.5. The number of aliphatic hydroxyl groups excluding tert-OH is 1. The molecule has 0 saturated carbocycles. The van der Waals surface area contributed by atoms with E-state index in [1.165, 1.54) is 12.1 Å². The normalized spacial score (nSPS) is 11.9. The van der Waals surface area contributed by atoms with E-state index in [9.17, 15) is 15.2 Å². The molecule has 1 atom stereocenters. The van der Waals surface area contributed by atoms with Crippen molar-refractivity contribution in [2.45, 2.75) is 6.10 Å². The monoisotopic (exact) mass is 337 g/mol. The zero-order valence-electron chi connectivity index (χ0n) is 10.4. The van der Waals surface area contributed by atoms with Crippen molar-refractivity contribution in [3.63, 3.8) is 0 Å². The maximum Gasteiger partial charge on any atom is 0.274 e. The Morgan fingerprint density at radius 3 is 2.60 bits per heavy atom. The van der Waals surface area contributed by atoms with Crippen LogP contribution in [0.25, 0.3) is 0 Å². The molecule has 2 rings (SSSR count). The van der Waals surface area contributed by atoms with Crippen molar-refractivity contribution >= 4 is 21.6 Å². The summed E-state index contributed by atoms with van der Waals surface area (Å²) in [4.78, 5) is 10.2. The number of ether oxygens (including phenoxy) is 1. The standard InChI is InChI=1S/C14H12BrNO4/c15-11-6-12(16(18)19)8-13(7-11)20-9-14(17)10-4-2-1-3-5-10/h1-8,14,17H,9H2. The zero-order valence-corrected chi connectivity index (χ0v) is 12.0. The maximum absolute atomic E-state index is 10.7. The number of halogens is 1. The Kier molecular flexibility index (Phi) is 4.70. The summed E-state index contributed by atoms with van der Waals surface area (Å²) in [5, 5.41) is 20.7. The topological polar surface area (TPSA) is 72.6 Å². The van der Waals surface area contributed by atoms with E-state index in [1.54, 1.807) is 18.2 Å². The van der Waals surface area contributed by atoms with Crippen LogP contribution in [-0.2, 0) is 0 Å². The number of nitro groups is 1. The van der Waals surface area contributed by atoms with E-state index in [1.807, 2.05) is 18.2 Å². The number of rotatable bonds is 5. The van der Waals surface area contributed by atoms with E-state index in [4.69, 9.17) is 4.74 Å². The van der Waals surface area contributed by atoms with Crippen LogP contribution in [0.4, 0.5) is 5.69 Å². The highest BCUT2D eigenvalue weighted by molar-refractivity contribution is 9.10. The number of non-ortho nitro benzene ring substituents is 1. The number of nitro benzene ring substituents is 1. The average molecular weight is 338 g/mol. The van der Waals surface area contributed by atoms with Gasteiger partial charge in [0.1, 0.15) is 18.5 Å². The fourth-order valence-corrected chi connectivity index (χ4v) is 2.14. The summed E-state index contributed by atoms with van der Waals surface area (Å²) < 4.78 is 5.96. The van der Waals surface area contributed by atoms with Gasteiger partial charge in [-0.25, -0.2) is 0 Å². The molecule has 0 aliphatic heterocycles. The van der Waals surface area contributed by atoms with Gasteiger partial charge in [0.25, 0.3) is 5.69 Å². The maximum atomic E-state index is 10.7. The number of hydrogen-bond donors (Lipinski definition) is 1. The van der Waals surface area contributed by atoms with E-state index in [-0.39, 0.29) is 12.3 Å². The molecule has 1 unspecified atom stereocenters. The van der Waals surface area contributed by atoms with Crippen LogP contribution >= 0.6 is 15.9 Å². The van der Waals surface area contributed by atoms with Crippen LogP contribution in [0.3, 0.4) is 0 Å². The molecule has 0 bridgehead atoms. The Balaban J connectivity index is 2.06. The molecule has 20 heavy (non-hydrogen) atoms. The molecule has 0 saturated heterocycles. The molecule has 0 spiro atoms. The summed E-state index contributed by atoms with van der Waals surface area (Å²) in [6, 6.07) is 13.4. The number of hydrogen-bond acceptors (Lipinski definition) is 4. The number of aliphatic hydroxyl groups is 1. The van der Waals surface area contributed by atoms with E-state index in [2.05, 4.69) is 15.9 Å². The van der Waals surface area contributed by atoms with Crippen molar-refractivity contribution in [2.24, 2.45) is 0 Å². The van der Waals surface area contributed by atoms with Crippen LogP contribution in [0.1, 0.15) is 11.7 Å². The summed E-state index contributed by atoms with van der Waals surface area (Å²) >= 11 is 3.19. The summed E-state index contributed by atoms with van der Waals surface area (Å²) in [6.45, 7) is 0.0254. The molecule has 2 aromatic carbocycles. The molecule has 0 heterocycles. The summed E-state index contributed by atoms with van der Waals surface area (Å²) in [5.41, 5.74) is 0.667. The first-order valence-corrected chi connectivity index (χ1v) is 6.66. The average Bonchev–Trinajstić information content (AvgIpc) is 2.45. The third kappa shape index (κ3) is 3.79. The first-order valence-electron chi connectivity index (χ1n) is 5.87. The molecule has 0 radical (unpaired) electrons. The predicted molar refractivity (Wildman–Crippen MR) is 77.7 cm³/mol. The number of nitrogens with zero attached hydrogens (tertiary/aromatic N) is 1. The van der Waals surface area contributed by atoms with Gasteiger partial charge in [-0.3, -0.25) is 10.1 Å². The lowest BCUT2D eigenvalue weighted by molar-refractivity contribution is -0.385. The Hall–Kier alpha value is -1.92. The van der Waals surface area contributed by atoms with Gasteiger partial charge in [-0.05, 0) is 11.6 Å². The van der Waals surface area contributed by atoms with Gasteiger partial charge in [-0.2, -0.15) is 0 Å². The highest BCUT2D eigenvalue weighted by atomic mass is 79.9. The van der Waals surface area contributed by atoms with E-state index >= 15 is 0 Å². The minimum atomic E-state index is -0.783. The van der Waals surface area contributed by atoms with Crippen molar-refractivity contribution in [3.05, 3.63) is 68.7 Å². The Morgan fingerprint density at radius 2 is 1.95 bits per heavy atom. The second-order valence-corrected chi connectivity index (χ2v) is 5.06. The van der Waals surface area contributed by atoms with Crippen LogP contribution in [0.2, 0.25) is 0 Å². The molecule has 6 heteroatoms. The first-order chi connectivity index (χ1) is 9.56. The summed E-state index contributed by atoms with van der Waals surface area (Å²) in [5.74, 6) is 0.334. The lowest BCUT2D eigenvalue weighted by Gasteiger charge is -2.12. The molecule has 0 aliphatic carbocycles. The molecule has 104 valence electrons. The molecule has 0 amide bonds. The summed E-state index contributed by atoms with van der Waals surface area (Å²) in [7, 11) is 0. The third-order valence-corrected chi connectivity index (χ3v) is 3.12. The van der Waals surface area contributed by atoms with Crippen molar-refractivity contribution in [1.82, 2.24) is 0 Å². The van der Waals surface area contributed by atoms with Gasteiger partial charge in [-0.1, -0.05) is 46.3 Å². The van der Waals surface area contributed by atoms with Crippen molar-refractivity contribution in [3.8, 4) is 5.75 Å². The van der Waals surface area contributed by atoms with Crippen LogP contribution < -0.4 is 4.74 Å². The van der Waals surface area contributed by atoms with Gasteiger partial charge in [0.15, 0.2) is 0 Å². The minimum Gasteiger partial charge on any atom is -0.490 e. The molecule has 0 aromatic heterocycles. The second kappa shape index (κ2) is 6.49. The van der Waals surface area contributed by atoms with Crippen LogP contribution in [0.15, 0.2) is 53.0 Å². The molecule has 0 aliphatic rings. The quantitative estimate of drug-likeness (QED) is 0.669. The SMILES string of the molecule is O=[N+]([O-])c1cc(Br)cc(OCC(O)c2ccccc2)c1. The third-order valence-electron chi connectivity index (χ3n) is 2.66. The Bertz CT molecular complexity index is 603. The highest BCUT2D eigenvalue weighted by Crippen LogP contribution is 2.27. The van der Waals surface area contributed by atoms with Crippen LogP contribution in [0, 0.1) is 10.1 Å². The van der Waals surface area contributed by atoms with Crippen molar-refractivity contribution < 1.29 is 14.8 Å². The lowest BCUT2D eigenvalue weighted by Crippen LogP contribution is -2.09. The zero-order chi connectivity index (χ0) is 14.5. The van der Waals surface area contributed by atoms with Crippen molar-refractivity contribution in [1.29, 1.82) is 0 Å². The molecule has 5 nitrogen and oxygen atoms in total. The predicted octanol–water partition coefficient (Wildman–Crippen LogP) is 3.47. The summed E-state index contributed by atoms with van der Waals surface area (Å²) in [6.07, 6.45) is -0.783. The lowest BCUT2D eigenvalue weighted by atomic mass is 10.1. The molecule has 1 N–H and O–H groups in total. The molecule has 0 fully saturated rings. The van der Waals surface area contributed by atoms with Gasteiger partial charge in [0, 0.05) is 10.5 Å². The van der Waals surface area contributed by atoms with Gasteiger partial charge in [0.2, 0.25) is 0 Å². The van der Waals surface area contributed by atoms with E-state index < -0.39 is 11.0 Å². The largest absolute Gasteiger partial charge is 0.490 e. The van der Waals surface area contributed by atoms with Gasteiger partial charge in [-0.15, -0.1) is 0 Å². The molecular weight excluding hydrogens is 326 g/mol.